The minimum Gasteiger partial charge on any atom is -0.489 e. The molecule has 1 heterocycles. The second kappa shape index (κ2) is 11.9. The van der Waals surface area contributed by atoms with Crippen molar-refractivity contribution in [3.05, 3.63) is 93.9 Å². The van der Waals surface area contributed by atoms with Crippen molar-refractivity contribution >= 4 is 51.1 Å². The van der Waals surface area contributed by atoms with Crippen molar-refractivity contribution < 1.29 is 23.9 Å². The van der Waals surface area contributed by atoms with Crippen molar-refractivity contribution in [1.29, 1.82) is 0 Å². The lowest BCUT2D eigenvalue weighted by Crippen LogP contribution is -2.32. The lowest BCUT2D eigenvalue weighted by atomic mass is 10.1. The molecule has 0 bridgehead atoms. The molecule has 3 aromatic carbocycles. The minimum atomic E-state index is -0.940. The molecule has 9 heteroatoms. The van der Waals surface area contributed by atoms with Gasteiger partial charge in [0.2, 0.25) is 0 Å². The third-order valence-electron chi connectivity index (χ3n) is 6.37. The van der Waals surface area contributed by atoms with Gasteiger partial charge in [0.15, 0.2) is 0 Å². The number of ether oxygens (including phenoxy) is 2. The van der Waals surface area contributed by atoms with Crippen LogP contribution in [-0.4, -0.2) is 30.6 Å². The highest BCUT2D eigenvalue weighted by molar-refractivity contribution is 7.17. The van der Waals surface area contributed by atoms with Gasteiger partial charge in [-0.05, 0) is 77.9 Å². The standard InChI is InChI=1S/C30H27N3O5S/c1-2-37-30(36)26-24-11-6-12-25(24)39-29(26)32-27(34)28(35)33-31-17-19-13-15-22(16-14-19)38-18-21-9-5-8-20-7-3-4-10-23(20)21/h3-5,7-10,13-17H,2,6,11-12,18H2,1H3,(H,32,34)(H,33,35)/b31-17+. The Morgan fingerprint density at radius 2 is 1.77 bits per heavy atom. The largest absolute Gasteiger partial charge is 0.489 e. The first-order valence-electron chi connectivity index (χ1n) is 12.7. The molecule has 0 radical (unpaired) electrons. The fourth-order valence-electron chi connectivity index (χ4n) is 4.52. The molecule has 0 atom stereocenters. The number of hydrogen-bond donors (Lipinski definition) is 2. The average Bonchev–Trinajstić information content (AvgIpc) is 3.53. The highest BCUT2D eigenvalue weighted by Crippen LogP contribution is 2.39. The van der Waals surface area contributed by atoms with Gasteiger partial charge in [-0.1, -0.05) is 42.5 Å². The zero-order valence-electron chi connectivity index (χ0n) is 21.4. The molecule has 0 spiro atoms. The molecule has 2 N–H and O–H groups in total. The fourth-order valence-corrected chi connectivity index (χ4v) is 5.79. The van der Waals surface area contributed by atoms with E-state index in [0.29, 0.717) is 28.5 Å². The van der Waals surface area contributed by atoms with Crippen LogP contribution in [0, 0.1) is 0 Å². The summed E-state index contributed by atoms with van der Waals surface area (Å²) in [4.78, 5) is 38.3. The van der Waals surface area contributed by atoms with E-state index in [1.54, 1.807) is 19.1 Å². The zero-order valence-corrected chi connectivity index (χ0v) is 22.2. The van der Waals surface area contributed by atoms with E-state index >= 15 is 0 Å². The SMILES string of the molecule is CCOC(=O)c1c(NC(=O)C(=O)N/N=C/c2ccc(OCc3cccc4ccccc34)cc2)sc2c1CCC2. The fraction of sp³-hybridized carbons (Fsp3) is 0.200. The Hall–Kier alpha value is -4.50. The van der Waals surface area contributed by atoms with Crippen LogP contribution in [0.1, 0.15) is 45.3 Å². The first-order chi connectivity index (χ1) is 19.0. The minimum absolute atomic E-state index is 0.226. The highest BCUT2D eigenvalue weighted by atomic mass is 32.1. The number of anilines is 1. The number of rotatable bonds is 8. The Bertz CT molecular complexity index is 1550. The Morgan fingerprint density at radius 1 is 0.974 bits per heavy atom. The summed E-state index contributed by atoms with van der Waals surface area (Å²) >= 11 is 1.31. The summed E-state index contributed by atoms with van der Waals surface area (Å²) in [6.45, 7) is 2.38. The summed E-state index contributed by atoms with van der Waals surface area (Å²) in [7, 11) is 0. The van der Waals surface area contributed by atoms with Crippen LogP contribution in [0.3, 0.4) is 0 Å². The molecule has 1 aliphatic rings. The van der Waals surface area contributed by atoms with Crippen molar-refractivity contribution in [2.45, 2.75) is 32.8 Å². The van der Waals surface area contributed by atoms with Crippen molar-refractivity contribution in [1.82, 2.24) is 5.43 Å². The summed E-state index contributed by atoms with van der Waals surface area (Å²) in [5.41, 5.74) is 5.29. The maximum absolute atomic E-state index is 12.5. The van der Waals surface area contributed by atoms with Gasteiger partial charge in [-0.25, -0.2) is 10.2 Å². The van der Waals surface area contributed by atoms with Gasteiger partial charge in [0.25, 0.3) is 0 Å². The number of hydrogen-bond acceptors (Lipinski definition) is 7. The second-order valence-electron chi connectivity index (χ2n) is 8.93. The number of amides is 2. The number of thiophene rings is 1. The second-order valence-corrected chi connectivity index (χ2v) is 10.0. The van der Waals surface area contributed by atoms with Gasteiger partial charge in [0.1, 0.15) is 17.4 Å². The van der Waals surface area contributed by atoms with E-state index in [1.165, 1.54) is 22.9 Å². The lowest BCUT2D eigenvalue weighted by molar-refractivity contribution is -0.136. The summed E-state index contributed by atoms with van der Waals surface area (Å²) in [5.74, 6) is -1.64. The number of hydrazone groups is 1. The van der Waals surface area contributed by atoms with Crippen LogP contribution in [0.4, 0.5) is 5.00 Å². The van der Waals surface area contributed by atoms with E-state index in [2.05, 4.69) is 34.0 Å². The molecule has 0 saturated carbocycles. The van der Waals surface area contributed by atoms with Crippen LogP contribution in [0.25, 0.3) is 10.8 Å². The summed E-state index contributed by atoms with van der Waals surface area (Å²) in [6, 6.07) is 21.5. The van der Waals surface area contributed by atoms with Gasteiger partial charge in [-0.15, -0.1) is 11.3 Å². The van der Waals surface area contributed by atoms with Crippen LogP contribution in [0.5, 0.6) is 5.75 Å². The normalized spacial score (nSPS) is 12.3. The number of aryl methyl sites for hydroxylation is 1. The van der Waals surface area contributed by atoms with Crippen molar-refractivity contribution in [3.63, 3.8) is 0 Å². The Balaban J connectivity index is 1.15. The number of carbonyl (C=O) groups excluding carboxylic acids is 3. The van der Waals surface area contributed by atoms with Gasteiger partial charge in [-0.2, -0.15) is 5.10 Å². The van der Waals surface area contributed by atoms with Crippen LogP contribution in [0.2, 0.25) is 0 Å². The van der Waals surface area contributed by atoms with Crippen molar-refractivity contribution in [3.8, 4) is 5.75 Å². The topological polar surface area (TPSA) is 106 Å². The molecule has 0 unspecified atom stereocenters. The third-order valence-corrected chi connectivity index (χ3v) is 7.58. The first-order valence-corrected chi connectivity index (χ1v) is 13.5. The molecule has 198 valence electrons. The van der Waals surface area contributed by atoms with Gasteiger partial charge >= 0.3 is 17.8 Å². The molecule has 1 aliphatic carbocycles. The van der Waals surface area contributed by atoms with Crippen LogP contribution in [-0.2, 0) is 33.8 Å². The zero-order chi connectivity index (χ0) is 27.2. The van der Waals surface area contributed by atoms with Crippen molar-refractivity contribution in [2.75, 3.05) is 11.9 Å². The quantitative estimate of drug-likeness (QED) is 0.137. The monoisotopic (exact) mass is 541 g/mol. The molecule has 0 fully saturated rings. The van der Waals surface area contributed by atoms with E-state index < -0.39 is 17.8 Å². The third kappa shape index (κ3) is 5.99. The number of fused-ring (bicyclic) bond motifs is 2. The molecule has 4 aromatic rings. The molecule has 2 amide bonds. The Morgan fingerprint density at radius 3 is 2.59 bits per heavy atom. The molecule has 5 rings (SSSR count). The molecule has 1 aromatic heterocycles. The van der Waals surface area contributed by atoms with Gasteiger partial charge in [0, 0.05) is 4.88 Å². The van der Waals surface area contributed by atoms with E-state index in [1.807, 2.05) is 36.4 Å². The van der Waals surface area contributed by atoms with E-state index in [0.717, 1.165) is 40.7 Å². The molecular weight excluding hydrogens is 514 g/mol. The van der Waals surface area contributed by atoms with Gasteiger partial charge in [0.05, 0.1) is 18.4 Å². The molecule has 39 heavy (non-hydrogen) atoms. The Labute approximate surface area is 229 Å². The average molecular weight is 542 g/mol. The summed E-state index contributed by atoms with van der Waals surface area (Å²) in [6.07, 6.45) is 3.97. The van der Waals surface area contributed by atoms with Gasteiger partial charge < -0.3 is 14.8 Å². The number of nitrogens with zero attached hydrogens (tertiary/aromatic N) is 1. The molecule has 8 nitrogen and oxygen atoms in total. The predicted octanol–water partition coefficient (Wildman–Crippen LogP) is 5.23. The van der Waals surface area contributed by atoms with E-state index in [-0.39, 0.29) is 6.61 Å². The molecule has 0 aliphatic heterocycles. The number of esters is 1. The predicted molar refractivity (Wildman–Crippen MR) is 151 cm³/mol. The maximum atomic E-state index is 12.5. The molecular formula is C30H27N3O5S. The lowest BCUT2D eigenvalue weighted by Gasteiger charge is -2.09. The summed E-state index contributed by atoms with van der Waals surface area (Å²) < 4.78 is 11.1. The van der Waals surface area contributed by atoms with Crippen LogP contribution < -0.4 is 15.5 Å². The number of nitrogens with one attached hydrogen (secondary N) is 2. The first kappa shape index (κ1) is 26.1. The summed E-state index contributed by atoms with van der Waals surface area (Å²) in [5, 5.41) is 9.09. The Kier molecular flexibility index (Phi) is 7.98. The van der Waals surface area contributed by atoms with Crippen LogP contribution >= 0.6 is 11.3 Å². The number of carbonyl (C=O) groups is 3. The van der Waals surface area contributed by atoms with E-state index in [4.69, 9.17) is 9.47 Å². The highest BCUT2D eigenvalue weighted by Gasteiger charge is 2.29. The van der Waals surface area contributed by atoms with Gasteiger partial charge in [-0.3, -0.25) is 9.59 Å². The van der Waals surface area contributed by atoms with Crippen LogP contribution in [0.15, 0.2) is 71.8 Å². The number of benzene rings is 3. The smallest absolute Gasteiger partial charge is 0.341 e. The van der Waals surface area contributed by atoms with E-state index in [9.17, 15) is 14.4 Å². The molecule has 0 saturated heterocycles. The van der Waals surface area contributed by atoms with Crippen molar-refractivity contribution in [2.24, 2.45) is 5.10 Å². The maximum Gasteiger partial charge on any atom is 0.341 e.